The SMILES string of the molecule is Cc1cc(C)c2[nH]c(C)c(CC(=O)NC(C)c3ccc4c(c3)OCCO4)c2c1. The molecule has 146 valence electrons. The average molecular weight is 378 g/mol. The third kappa shape index (κ3) is 3.44. The van der Waals surface area contributed by atoms with Crippen LogP contribution in [0.15, 0.2) is 30.3 Å². The molecule has 1 aromatic heterocycles. The minimum atomic E-state index is -0.114. The zero-order valence-electron chi connectivity index (χ0n) is 16.8. The molecule has 0 saturated heterocycles. The Hall–Kier alpha value is -2.95. The van der Waals surface area contributed by atoms with Crippen LogP contribution >= 0.6 is 0 Å². The van der Waals surface area contributed by atoms with E-state index in [-0.39, 0.29) is 11.9 Å². The van der Waals surface area contributed by atoms with Crippen molar-refractivity contribution in [2.75, 3.05) is 13.2 Å². The molecule has 0 fully saturated rings. The number of carbonyl (C=O) groups excluding carboxylic acids is 1. The van der Waals surface area contributed by atoms with Gasteiger partial charge >= 0.3 is 0 Å². The molecule has 0 bridgehead atoms. The Labute approximate surface area is 165 Å². The number of nitrogens with one attached hydrogen (secondary N) is 2. The van der Waals surface area contributed by atoms with Gasteiger partial charge in [0.1, 0.15) is 13.2 Å². The molecule has 2 aromatic carbocycles. The monoisotopic (exact) mass is 378 g/mol. The van der Waals surface area contributed by atoms with Gasteiger partial charge in [0.05, 0.1) is 12.5 Å². The summed E-state index contributed by atoms with van der Waals surface area (Å²) in [5.41, 5.74) is 6.63. The molecular weight excluding hydrogens is 352 g/mol. The lowest BCUT2D eigenvalue weighted by Crippen LogP contribution is -2.28. The first kappa shape index (κ1) is 18.4. The summed E-state index contributed by atoms with van der Waals surface area (Å²) >= 11 is 0. The summed E-state index contributed by atoms with van der Waals surface area (Å²) in [4.78, 5) is 16.2. The molecular formula is C23H26N2O3. The first-order valence-electron chi connectivity index (χ1n) is 9.69. The topological polar surface area (TPSA) is 63.4 Å². The maximum Gasteiger partial charge on any atom is 0.224 e. The third-order valence-electron chi connectivity index (χ3n) is 5.35. The smallest absolute Gasteiger partial charge is 0.224 e. The number of hydrogen-bond donors (Lipinski definition) is 2. The number of ether oxygens (including phenoxy) is 2. The molecule has 5 nitrogen and oxygen atoms in total. The zero-order valence-corrected chi connectivity index (χ0v) is 16.8. The first-order chi connectivity index (χ1) is 13.4. The second-order valence-corrected chi connectivity index (χ2v) is 7.60. The molecule has 2 N–H and O–H groups in total. The molecule has 1 aliphatic rings. The Balaban J connectivity index is 1.52. The van der Waals surface area contributed by atoms with Crippen molar-refractivity contribution in [3.63, 3.8) is 0 Å². The molecule has 5 heteroatoms. The minimum absolute atomic E-state index is 0.00514. The molecule has 1 atom stereocenters. The van der Waals surface area contributed by atoms with Crippen LogP contribution in [0.1, 0.15) is 40.9 Å². The zero-order chi connectivity index (χ0) is 19.8. The highest BCUT2D eigenvalue weighted by Crippen LogP contribution is 2.32. The molecule has 0 saturated carbocycles. The minimum Gasteiger partial charge on any atom is -0.486 e. The Bertz CT molecular complexity index is 1050. The second kappa shape index (κ2) is 7.23. The number of amides is 1. The molecule has 3 aromatic rings. The third-order valence-corrected chi connectivity index (χ3v) is 5.35. The lowest BCUT2D eigenvalue weighted by Gasteiger charge is -2.21. The second-order valence-electron chi connectivity index (χ2n) is 7.60. The van der Waals surface area contributed by atoms with Gasteiger partial charge in [-0.2, -0.15) is 0 Å². The van der Waals surface area contributed by atoms with E-state index < -0.39 is 0 Å². The van der Waals surface area contributed by atoms with Crippen LogP contribution in [-0.4, -0.2) is 24.1 Å². The fraction of sp³-hybridized carbons (Fsp3) is 0.348. The van der Waals surface area contributed by atoms with Crippen LogP contribution < -0.4 is 14.8 Å². The maximum atomic E-state index is 12.8. The fourth-order valence-corrected chi connectivity index (χ4v) is 3.93. The van der Waals surface area contributed by atoms with Crippen molar-refractivity contribution in [2.24, 2.45) is 0 Å². The van der Waals surface area contributed by atoms with Gasteiger partial charge in [-0.05, 0) is 62.6 Å². The van der Waals surface area contributed by atoms with Crippen molar-refractivity contribution >= 4 is 16.8 Å². The number of carbonyl (C=O) groups is 1. The van der Waals surface area contributed by atoms with E-state index in [1.807, 2.05) is 32.0 Å². The summed E-state index contributed by atoms with van der Waals surface area (Å²) in [6, 6.07) is 10.0. The highest BCUT2D eigenvalue weighted by molar-refractivity contribution is 5.92. The quantitative estimate of drug-likeness (QED) is 0.712. The van der Waals surface area contributed by atoms with Crippen LogP contribution in [0.4, 0.5) is 0 Å². The van der Waals surface area contributed by atoms with E-state index in [1.165, 1.54) is 11.1 Å². The van der Waals surface area contributed by atoms with Gasteiger partial charge in [0.25, 0.3) is 0 Å². The van der Waals surface area contributed by atoms with E-state index in [9.17, 15) is 4.79 Å². The van der Waals surface area contributed by atoms with Gasteiger partial charge in [-0.25, -0.2) is 0 Å². The van der Waals surface area contributed by atoms with Crippen LogP contribution in [0.5, 0.6) is 11.5 Å². The van der Waals surface area contributed by atoms with Gasteiger partial charge in [-0.15, -0.1) is 0 Å². The lowest BCUT2D eigenvalue weighted by molar-refractivity contribution is -0.121. The summed E-state index contributed by atoms with van der Waals surface area (Å²) in [5, 5.41) is 4.25. The van der Waals surface area contributed by atoms with E-state index in [0.717, 1.165) is 39.2 Å². The normalized spacial score (nSPS) is 14.1. The predicted octanol–water partition coefficient (Wildman–Crippen LogP) is 4.28. The van der Waals surface area contributed by atoms with Crippen molar-refractivity contribution in [1.29, 1.82) is 0 Å². The van der Waals surface area contributed by atoms with Gasteiger partial charge in [0.15, 0.2) is 11.5 Å². The van der Waals surface area contributed by atoms with Crippen molar-refractivity contribution in [3.05, 3.63) is 58.3 Å². The summed E-state index contributed by atoms with van der Waals surface area (Å²) in [5.74, 6) is 1.50. The van der Waals surface area contributed by atoms with E-state index in [4.69, 9.17) is 9.47 Å². The molecule has 28 heavy (non-hydrogen) atoms. The standard InChI is InChI=1S/C23H26N2O3/c1-13-9-14(2)23-19(10-13)18(16(4)25-23)12-22(26)24-15(3)17-5-6-20-21(11-17)28-8-7-27-20/h5-6,9-11,15,25H,7-8,12H2,1-4H3,(H,24,26). The number of rotatable bonds is 4. The maximum absolute atomic E-state index is 12.8. The Morgan fingerprint density at radius 1 is 1.11 bits per heavy atom. The molecule has 1 unspecified atom stereocenters. The molecule has 1 aliphatic heterocycles. The number of fused-ring (bicyclic) bond motifs is 2. The average Bonchev–Trinajstić information content (AvgIpc) is 2.97. The van der Waals surface area contributed by atoms with Crippen LogP contribution in [0.25, 0.3) is 10.9 Å². The first-order valence-corrected chi connectivity index (χ1v) is 9.69. The van der Waals surface area contributed by atoms with E-state index in [0.29, 0.717) is 19.6 Å². The lowest BCUT2D eigenvalue weighted by atomic mass is 10.0. The van der Waals surface area contributed by atoms with E-state index in [2.05, 4.69) is 36.3 Å². The van der Waals surface area contributed by atoms with Crippen LogP contribution in [0.2, 0.25) is 0 Å². The summed E-state index contributed by atoms with van der Waals surface area (Å²) < 4.78 is 11.2. The number of aromatic nitrogens is 1. The largest absolute Gasteiger partial charge is 0.486 e. The van der Waals surface area contributed by atoms with Crippen molar-refractivity contribution in [3.8, 4) is 11.5 Å². The van der Waals surface area contributed by atoms with E-state index >= 15 is 0 Å². The van der Waals surface area contributed by atoms with Crippen molar-refractivity contribution in [2.45, 2.75) is 40.2 Å². The Kier molecular flexibility index (Phi) is 4.75. The highest BCUT2D eigenvalue weighted by atomic mass is 16.6. The fourth-order valence-electron chi connectivity index (χ4n) is 3.93. The summed E-state index contributed by atoms with van der Waals surface area (Å²) in [6.45, 7) is 9.32. The van der Waals surface area contributed by atoms with E-state index in [1.54, 1.807) is 0 Å². The summed E-state index contributed by atoms with van der Waals surface area (Å²) in [7, 11) is 0. The highest BCUT2D eigenvalue weighted by Gasteiger charge is 2.18. The Morgan fingerprint density at radius 3 is 2.64 bits per heavy atom. The number of aromatic amines is 1. The molecule has 0 aliphatic carbocycles. The number of benzene rings is 2. The number of H-pyrrole nitrogens is 1. The number of hydrogen-bond acceptors (Lipinski definition) is 3. The predicted molar refractivity (Wildman–Crippen MR) is 110 cm³/mol. The van der Waals surface area contributed by atoms with Crippen molar-refractivity contribution < 1.29 is 14.3 Å². The van der Waals surface area contributed by atoms with Crippen molar-refractivity contribution in [1.82, 2.24) is 10.3 Å². The van der Waals surface area contributed by atoms with Gasteiger partial charge in [-0.3, -0.25) is 4.79 Å². The van der Waals surface area contributed by atoms with Crippen LogP contribution in [0.3, 0.4) is 0 Å². The van der Waals surface area contributed by atoms with Gasteiger partial charge in [0.2, 0.25) is 5.91 Å². The molecule has 4 rings (SSSR count). The molecule has 0 spiro atoms. The molecule has 1 amide bonds. The Morgan fingerprint density at radius 2 is 1.86 bits per heavy atom. The van der Waals surface area contributed by atoms with Gasteiger partial charge in [0, 0.05) is 16.6 Å². The van der Waals surface area contributed by atoms with Crippen LogP contribution in [0, 0.1) is 20.8 Å². The molecule has 0 radical (unpaired) electrons. The van der Waals surface area contributed by atoms with Gasteiger partial charge in [-0.1, -0.05) is 17.7 Å². The molecule has 2 heterocycles. The summed E-state index contributed by atoms with van der Waals surface area (Å²) in [6.07, 6.45) is 0.351. The number of aryl methyl sites for hydroxylation is 3. The van der Waals surface area contributed by atoms with Gasteiger partial charge < -0.3 is 19.8 Å². The van der Waals surface area contributed by atoms with Crippen LogP contribution in [-0.2, 0) is 11.2 Å².